The average molecular weight is 327 g/mol. The van der Waals surface area contributed by atoms with Crippen molar-refractivity contribution < 1.29 is 27.4 Å². The summed E-state index contributed by atoms with van der Waals surface area (Å²) in [5.74, 6) is 1.10. The molecule has 1 fully saturated rings. The van der Waals surface area contributed by atoms with Crippen LogP contribution in [0.1, 0.15) is 16.8 Å². The van der Waals surface area contributed by atoms with Crippen molar-refractivity contribution in [2.45, 2.75) is 12.5 Å². The zero-order valence-corrected chi connectivity index (χ0v) is 12.9. The number of hydrogen-bond acceptors (Lipinski definition) is 6. The van der Waals surface area contributed by atoms with Crippen LogP contribution < -0.4 is 19.5 Å². The predicted octanol–water partition coefficient (Wildman–Crippen LogP) is 0.383. The number of fused-ring (bicyclic) bond motifs is 1. The van der Waals surface area contributed by atoms with E-state index < -0.39 is 9.84 Å². The SMILES string of the molecule is COc1cc(C(=O)N[C@@H]2CCS(=O)(=O)C2)cc2c1OCCO2. The number of benzene rings is 1. The van der Waals surface area contributed by atoms with Gasteiger partial charge in [0.05, 0.1) is 18.6 Å². The van der Waals surface area contributed by atoms with Gasteiger partial charge in [-0.15, -0.1) is 0 Å². The van der Waals surface area contributed by atoms with Gasteiger partial charge in [-0.3, -0.25) is 4.79 Å². The van der Waals surface area contributed by atoms with Gasteiger partial charge in [0.1, 0.15) is 13.2 Å². The van der Waals surface area contributed by atoms with E-state index in [1.165, 1.54) is 7.11 Å². The summed E-state index contributed by atoms with van der Waals surface area (Å²) in [4.78, 5) is 12.3. The number of carbonyl (C=O) groups excluding carboxylic acids is 1. The second-order valence-corrected chi connectivity index (χ2v) is 7.50. The molecule has 1 amide bonds. The van der Waals surface area contributed by atoms with E-state index in [0.29, 0.717) is 42.4 Å². The lowest BCUT2D eigenvalue weighted by molar-refractivity contribution is 0.0939. The van der Waals surface area contributed by atoms with Crippen LogP contribution in [-0.4, -0.2) is 52.2 Å². The number of amides is 1. The monoisotopic (exact) mass is 327 g/mol. The molecule has 2 aliphatic heterocycles. The Morgan fingerprint density at radius 2 is 2.09 bits per heavy atom. The number of sulfone groups is 1. The molecule has 1 saturated heterocycles. The van der Waals surface area contributed by atoms with Crippen molar-refractivity contribution in [3.05, 3.63) is 17.7 Å². The van der Waals surface area contributed by atoms with E-state index in [1.807, 2.05) is 0 Å². The minimum absolute atomic E-state index is 0.0135. The number of nitrogens with one attached hydrogen (secondary N) is 1. The van der Waals surface area contributed by atoms with Crippen LogP contribution in [0, 0.1) is 0 Å². The van der Waals surface area contributed by atoms with Crippen molar-refractivity contribution in [3.8, 4) is 17.2 Å². The lowest BCUT2D eigenvalue weighted by Crippen LogP contribution is -2.35. The second kappa shape index (κ2) is 5.68. The molecule has 0 saturated carbocycles. The van der Waals surface area contributed by atoms with Crippen LogP contribution in [0.2, 0.25) is 0 Å². The zero-order chi connectivity index (χ0) is 15.7. The summed E-state index contributed by atoms with van der Waals surface area (Å²) < 4.78 is 39.1. The van der Waals surface area contributed by atoms with Crippen molar-refractivity contribution in [2.75, 3.05) is 31.8 Å². The van der Waals surface area contributed by atoms with Crippen LogP contribution in [0.4, 0.5) is 0 Å². The van der Waals surface area contributed by atoms with Crippen LogP contribution in [0.25, 0.3) is 0 Å². The van der Waals surface area contributed by atoms with Gasteiger partial charge in [0.2, 0.25) is 5.75 Å². The third-order valence-electron chi connectivity index (χ3n) is 3.66. The van der Waals surface area contributed by atoms with Gasteiger partial charge >= 0.3 is 0 Å². The fraction of sp³-hybridized carbons (Fsp3) is 0.500. The Balaban J connectivity index is 1.81. The van der Waals surface area contributed by atoms with Crippen molar-refractivity contribution in [1.29, 1.82) is 0 Å². The Morgan fingerprint density at radius 1 is 1.32 bits per heavy atom. The Kier molecular flexibility index (Phi) is 3.86. The maximum atomic E-state index is 12.3. The van der Waals surface area contributed by atoms with E-state index in [-0.39, 0.29) is 23.5 Å². The van der Waals surface area contributed by atoms with Gasteiger partial charge in [-0.1, -0.05) is 0 Å². The van der Waals surface area contributed by atoms with Gasteiger partial charge in [-0.25, -0.2) is 8.42 Å². The molecule has 22 heavy (non-hydrogen) atoms. The molecule has 1 atom stereocenters. The summed E-state index contributed by atoms with van der Waals surface area (Å²) in [7, 11) is -1.55. The van der Waals surface area contributed by atoms with E-state index in [9.17, 15) is 13.2 Å². The Morgan fingerprint density at radius 3 is 2.77 bits per heavy atom. The Labute approximate surface area is 128 Å². The van der Waals surface area contributed by atoms with Crippen LogP contribution in [0.5, 0.6) is 17.2 Å². The van der Waals surface area contributed by atoms with E-state index in [2.05, 4.69) is 5.32 Å². The lowest BCUT2D eigenvalue weighted by atomic mass is 10.1. The molecule has 3 rings (SSSR count). The minimum atomic E-state index is -3.03. The lowest BCUT2D eigenvalue weighted by Gasteiger charge is -2.21. The Hall–Kier alpha value is -1.96. The van der Waals surface area contributed by atoms with Crippen molar-refractivity contribution in [1.82, 2.24) is 5.32 Å². The van der Waals surface area contributed by atoms with Gasteiger partial charge in [0, 0.05) is 11.6 Å². The molecule has 7 nitrogen and oxygen atoms in total. The number of carbonyl (C=O) groups is 1. The van der Waals surface area contributed by atoms with Crippen molar-refractivity contribution in [3.63, 3.8) is 0 Å². The first-order valence-corrected chi connectivity index (χ1v) is 8.79. The fourth-order valence-corrected chi connectivity index (χ4v) is 4.26. The first kappa shape index (κ1) is 15.0. The van der Waals surface area contributed by atoms with E-state index in [0.717, 1.165) is 0 Å². The Bertz CT molecular complexity index is 682. The van der Waals surface area contributed by atoms with Crippen LogP contribution >= 0.6 is 0 Å². The highest BCUT2D eigenvalue weighted by Crippen LogP contribution is 2.40. The average Bonchev–Trinajstić information content (AvgIpc) is 2.84. The first-order chi connectivity index (χ1) is 10.5. The van der Waals surface area contributed by atoms with Crippen LogP contribution in [0.3, 0.4) is 0 Å². The van der Waals surface area contributed by atoms with Gasteiger partial charge in [-0.2, -0.15) is 0 Å². The summed E-state index contributed by atoms with van der Waals surface area (Å²) in [5.41, 5.74) is 0.352. The van der Waals surface area contributed by atoms with Crippen molar-refractivity contribution >= 4 is 15.7 Å². The van der Waals surface area contributed by atoms with Gasteiger partial charge in [0.25, 0.3) is 5.91 Å². The minimum Gasteiger partial charge on any atom is -0.493 e. The third kappa shape index (κ3) is 2.96. The van der Waals surface area contributed by atoms with Crippen molar-refractivity contribution in [2.24, 2.45) is 0 Å². The largest absolute Gasteiger partial charge is 0.493 e. The van der Waals surface area contributed by atoms with Gasteiger partial charge in [0.15, 0.2) is 21.3 Å². The van der Waals surface area contributed by atoms with E-state index in [1.54, 1.807) is 12.1 Å². The number of hydrogen-bond donors (Lipinski definition) is 1. The van der Waals surface area contributed by atoms with Gasteiger partial charge in [-0.05, 0) is 18.6 Å². The summed E-state index contributed by atoms with van der Waals surface area (Å²) in [6, 6.07) is 2.79. The van der Waals surface area contributed by atoms with Crippen LogP contribution in [-0.2, 0) is 9.84 Å². The molecule has 0 aliphatic carbocycles. The number of rotatable bonds is 3. The third-order valence-corrected chi connectivity index (χ3v) is 5.43. The fourth-order valence-electron chi connectivity index (χ4n) is 2.58. The molecule has 0 unspecified atom stereocenters. The molecule has 2 aliphatic rings. The second-order valence-electron chi connectivity index (χ2n) is 5.28. The van der Waals surface area contributed by atoms with Gasteiger partial charge < -0.3 is 19.5 Å². The normalized spacial score (nSPS) is 22.1. The smallest absolute Gasteiger partial charge is 0.251 e. The highest BCUT2D eigenvalue weighted by atomic mass is 32.2. The molecular weight excluding hydrogens is 310 g/mol. The molecule has 8 heteroatoms. The van der Waals surface area contributed by atoms with Crippen LogP contribution in [0.15, 0.2) is 12.1 Å². The topological polar surface area (TPSA) is 90.9 Å². The molecule has 0 bridgehead atoms. The summed E-state index contributed by atoms with van der Waals surface area (Å²) >= 11 is 0. The maximum Gasteiger partial charge on any atom is 0.251 e. The van der Waals surface area contributed by atoms with E-state index in [4.69, 9.17) is 14.2 Å². The first-order valence-electron chi connectivity index (χ1n) is 6.97. The standard InChI is InChI=1S/C14H17NO6S/c1-19-11-6-9(7-12-13(11)21-4-3-20-12)14(16)15-10-2-5-22(17,18)8-10/h6-7,10H,2-5,8H2,1H3,(H,15,16)/t10-/m1/s1. The molecule has 1 aromatic rings. The highest BCUT2D eigenvalue weighted by molar-refractivity contribution is 7.91. The predicted molar refractivity (Wildman–Crippen MR) is 78.5 cm³/mol. The summed E-state index contributed by atoms with van der Waals surface area (Å²) in [6.07, 6.45) is 0.440. The molecular formula is C14H17NO6S. The molecule has 1 N–H and O–H groups in total. The number of ether oxygens (including phenoxy) is 3. The quantitative estimate of drug-likeness (QED) is 0.863. The molecule has 120 valence electrons. The molecule has 1 aromatic carbocycles. The molecule has 2 heterocycles. The van der Waals surface area contributed by atoms with E-state index >= 15 is 0 Å². The zero-order valence-electron chi connectivity index (χ0n) is 12.1. The summed E-state index contributed by atoms with van der Waals surface area (Å²) in [5, 5.41) is 2.74. The maximum absolute atomic E-state index is 12.3. The summed E-state index contributed by atoms with van der Waals surface area (Å²) in [6.45, 7) is 0.830. The molecule has 0 radical (unpaired) electrons. The number of methoxy groups -OCH3 is 1. The highest BCUT2D eigenvalue weighted by Gasteiger charge is 2.30. The molecule has 0 spiro atoms. The molecule has 0 aromatic heterocycles.